The molecule has 1 N–H and O–H groups in total. The number of thioether (sulfide) groups is 1. The van der Waals surface area contributed by atoms with Crippen LogP contribution in [0.1, 0.15) is 32.3 Å². The summed E-state index contributed by atoms with van der Waals surface area (Å²) in [6, 6.07) is 15.1. The molecule has 0 aliphatic carbocycles. The third-order valence-corrected chi connectivity index (χ3v) is 8.31. The number of aromatic nitrogens is 2. The van der Waals surface area contributed by atoms with Crippen LogP contribution >= 0.6 is 11.8 Å². The fourth-order valence-electron chi connectivity index (χ4n) is 3.41. The summed E-state index contributed by atoms with van der Waals surface area (Å²) in [7, 11) is -0.520. The molecule has 1 unspecified atom stereocenters. The highest BCUT2D eigenvalue weighted by Crippen LogP contribution is 2.29. The summed E-state index contributed by atoms with van der Waals surface area (Å²) in [5, 5.41) is 3.40. The number of rotatable bonds is 11. The Morgan fingerprint density at radius 2 is 1.91 bits per heavy atom. The number of carbonyl (C=O) groups is 1. The molecule has 0 bridgehead atoms. The first kappa shape index (κ1) is 25.3. The maximum atomic E-state index is 12.7. The minimum Gasteiger partial charge on any atom is -0.355 e. The Morgan fingerprint density at radius 1 is 1.18 bits per heavy atom. The number of unbranched alkanes of at least 4 members (excludes halogenated alkanes) is 1. The lowest BCUT2D eigenvalue weighted by atomic mass is 10.1. The standard InChI is InChI=1S/C24H32N4O3S2/c1-5-6-16-28-22-13-12-20(33(30,31)27(3)4)17-21(22)26-24(28)32-18(2)23(29)25-15-14-19-10-8-7-9-11-19/h7-13,17-18H,5-6,14-16H2,1-4H3,(H,25,29). The van der Waals surface area contributed by atoms with E-state index in [4.69, 9.17) is 4.98 Å². The predicted octanol–water partition coefficient (Wildman–Crippen LogP) is 3.93. The fraction of sp³-hybridized carbons (Fsp3) is 0.417. The highest BCUT2D eigenvalue weighted by atomic mass is 32.2. The van der Waals surface area contributed by atoms with Gasteiger partial charge >= 0.3 is 0 Å². The molecule has 2 aromatic carbocycles. The van der Waals surface area contributed by atoms with E-state index in [9.17, 15) is 13.2 Å². The second-order valence-corrected chi connectivity index (χ2v) is 11.6. The highest BCUT2D eigenvalue weighted by molar-refractivity contribution is 8.00. The first-order valence-electron chi connectivity index (χ1n) is 11.1. The van der Waals surface area contributed by atoms with Crippen molar-refractivity contribution in [3.8, 4) is 0 Å². The molecule has 1 aromatic heterocycles. The lowest BCUT2D eigenvalue weighted by Crippen LogP contribution is -2.32. The van der Waals surface area contributed by atoms with Gasteiger partial charge in [-0.05, 0) is 43.5 Å². The summed E-state index contributed by atoms with van der Waals surface area (Å²) in [6.45, 7) is 5.33. The zero-order valence-electron chi connectivity index (χ0n) is 19.6. The molecule has 0 radical (unpaired) electrons. The molecule has 178 valence electrons. The lowest BCUT2D eigenvalue weighted by Gasteiger charge is -2.14. The van der Waals surface area contributed by atoms with Gasteiger partial charge in [-0.1, -0.05) is 55.4 Å². The van der Waals surface area contributed by atoms with E-state index in [2.05, 4.69) is 16.8 Å². The molecule has 9 heteroatoms. The molecule has 0 aliphatic heterocycles. The molecule has 1 atom stereocenters. The number of carbonyl (C=O) groups excluding carboxylic acids is 1. The molecule has 7 nitrogen and oxygen atoms in total. The summed E-state index contributed by atoms with van der Waals surface area (Å²) in [6.07, 6.45) is 2.77. The average molecular weight is 489 g/mol. The first-order chi connectivity index (χ1) is 15.7. The van der Waals surface area contributed by atoms with Crippen molar-refractivity contribution in [2.45, 2.75) is 55.0 Å². The second-order valence-electron chi connectivity index (χ2n) is 8.12. The van der Waals surface area contributed by atoms with E-state index in [-0.39, 0.29) is 16.1 Å². The van der Waals surface area contributed by atoms with Gasteiger partial charge < -0.3 is 9.88 Å². The quantitative estimate of drug-likeness (QED) is 0.414. The number of hydrogen-bond acceptors (Lipinski definition) is 5. The van der Waals surface area contributed by atoms with E-state index < -0.39 is 10.0 Å². The summed E-state index contributed by atoms with van der Waals surface area (Å²) in [4.78, 5) is 17.6. The highest BCUT2D eigenvalue weighted by Gasteiger charge is 2.22. The number of nitrogens with zero attached hydrogens (tertiary/aromatic N) is 3. The summed E-state index contributed by atoms with van der Waals surface area (Å²) >= 11 is 1.40. The molecule has 0 fully saturated rings. The average Bonchev–Trinajstić information content (AvgIpc) is 3.14. The molecule has 33 heavy (non-hydrogen) atoms. The predicted molar refractivity (Wildman–Crippen MR) is 134 cm³/mol. The Hall–Kier alpha value is -2.36. The van der Waals surface area contributed by atoms with Gasteiger partial charge in [0.1, 0.15) is 0 Å². The lowest BCUT2D eigenvalue weighted by molar-refractivity contribution is -0.120. The van der Waals surface area contributed by atoms with Gasteiger partial charge in [-0.3, -0.25) is 4.79 Å². The Morgan fingerprint density at radius 3 is 2.58 bits per heavy atom. The van der Waals surface area contributed by atoms with E-state index in [0.717, 1.165) is 36.5 Å². The van der Waals surface area contributed by atoms with Crippen molar-refractivity contribution in [2.75, 3.05) is 20.6 Å². The molecule has 0 saturated carbocycles. The van der Waals surface area contributed by atoms with Crippen molar-refractivity contribution in [2.24, 2.45) is 0 Å². The van der Waals surface area contributed by atoms with Gasteiger partial charge in [0.05, 0.1) is 21.2 Å². The van der Waals surface area contributed by atoms with Crippen molar-refractivity contribution < 1.29 is 13.2 Å². The van der Waals surface area contributed by atoms with Gasteiger partial charge in [0.25, 0.3) is 0 Å². The Kier molecular flexibility index (Phi) is 8.56. The van der Waals surface area contributed by atoms with Crippen LogP contribution in [0.2, 0.25) is 0 Å². The molecule has 0 aliphatic rings. The van der Waals surface area contributed by atoms with Crippen LogP contribution in [0.4, 0.5) is 0 Å². The zero-order valence-corrected chi connectivity index (χ0v) is 21.2. The van der Waals surface area contributed by atoms with E-state index in [1.165, 1.54) is 35.7 Å². The Balaban J connectivity index is 1.77. The number of amides is 1. The summed E-state index contributed by atoms with van der Waals surface area (Å²) in [5.41, 5.74) is 2.68. The van der Waals surface area contributed by atoms with E-state index >= 15 is 0 Å². The summed E-state index contributed by atoms with van der Waals surface area (Å²) < 4.78 is 28.4. The Bertz CT molecular complexity index is 1190. The molecular formula is C24H32N4O3S2. The van der Waals surface area contributed by atoms with Gasteiger partial charge in [-0.2, -0.15) is 0 Å². The number of imidazole rings is 1. The smallest absolute Gasteiger partial charge is 0.242 e. The topological polar surface area (TPSA) is 84.3 Å². The fourth-order valence-corrected chi connectivity index (χ4v) is 5.31. The maximum absolute atomic E-state index is 12.7. The molecule has 1 heterocycles. The molecule has 1 amide bonds. The molecule has 0 spiro atoms. The van der Waals surface area contributed by atoms with E-state index in [0.29, 0.717) is 12.1 Å². The van der Waals surface area contributed by atoms with Crippen LogP contribution in [-0.4, -0.2) is 54.1 Å². The van der Waals surface area contributed by atoms with Gasteiger partial charge in [-0.15, -0.1) is 0 Å². The number of nitrogens with one attached hydrogen (secondary N) is 1. The van der Waals surface area contributed by atoms with Crippen LogP contribution in [0, 0.1) is 0 Å². The Labute approximate surface area is 200 Å². The molecule has 0 saturated heterocycles. The van der Waals surface area contributed by atoms with Crippen molar-refractivity contribution in [1.29, 1.82) is 0 Å². The number of fused-ring (bicyclic) bond motifs is 1. The normalized spacial score (nSPS) is 12.9. The number of sulfonamides is 1. The van der Waals surface area contributed by atoms with Crippen LogP contribution in [0.25, 0.3) is 11.0 Å². The maximum Gasteiger partial charge on any atom is 0.242 e. The second kappa shape index (κ2) is 11.2. The van der Waals surface area contributed by atoms with Crippen molar-refractivity contribution in [3.05, 3.63) is 54.1 Å². The largest absolute Gasteiger partial charge is 0.355 e. The monoisotopic (exact) mass is 488 g/mol. The third-order valence-electron chi connectivity index (χ3n) is 5.41. The number of hydrogen-bond donors (Lipinski definition) is 1. The van der Waals surface area contributed by atoms with Crippen LogP contribution in [0.3, 0.4) is 0 Å². The molecule has 3 aromatic rings. The summed E-state index contributed by atoms with van der Waals surface area (Å²) in [5.74, 6) is -0.0408. The van der Waals surface area contributed by atoms with Gasteiger partial charge in [0, 0.05) is 27.2 Å². The first-order valence-corrected chi connectivity index (χ1v) is 13.5. The molecule has 3 rings (SSSR count). The van der Waals surface area contributed by atoms with Gasteiger partial charge in [-0.25, -0.2) is 17.7 Å². The van der Waals surface area contributed by atoms with Gasteiger partial charge in [0.15, 0.2) is 5.16 Å². The van der Waals surface area contributed by atoms with Crippen molar-refractivity contribution in [1.82, 2.24) is 19.2 Å². The minimum atomic E-state index is -3.55. The van der Waals surface area contributed by atoms with E-state index in [1.54, 1.807) is 12.1 Å². The SMILES string of the molecule is CCCCn1c(SC(C)C(=O)NCCc2ccccc2)nc2cc(S(=O)(=O)N(C)C)ccc21. The van der Waals surface area contributed by atoms with Crippen LogP contribution in [0.15, 0.2) is 58.6 Å². The van der Waals surface area contributed by atoms with Crippen molar-refractivity contribution in [3.63, 3.8) is 0 Å². The van der Waals surface area contributed by atoms with E-state index in [1.807, 2.05) is 43.3 Å². The zero-order chi connectivity index (χ0) is 24.0. The minimum absolute atomic E-state index is 0.0408. The third kappa shape index (κ3) is 6.16. The molecular weight excluding hydrogens is 456 g/mol. The van der Waals surface area contributed by atoms with Crippen LogP contribution in [0.5, 0.6) is 0 Å². The van der Waals surface area contributed by atoms with Crippen LogP contribution < -0.4 is 5.32 Å². The van der Waals surface area contributed by atoms with Gasteiger partial charge in [0.2, 0.25) is 15.9 Å². The van der Waals surface area contributed by atoms with Crippen LogP contribution in [-0.2, 0) is 27.8 Å². The number of aryl methyl sites for hydroxylation is 1. The number of benzene rings is 2. The van der Waals surface area contributed by atoms with Crippen molar-refractivity contribution >= 4 is 38.7 Å².